The van der Waals surface area contributed by atoms with Gasteiger partial charge in [0.05, 0.1) is 36.9 Å². The van der Waals surface area contributed by atoms with E-state index in [1.807, 2.05) is 17.5 Å². The maximum Gasteiger partial charge on any atom is 0.449 e. The number of aliphatic hydroxyl groups is 1. The summed E-state index contributed by atoms with van der Waals surface area (Å²) >= 11 is 1.52. The number of benzene rings is 1. The molecule has 24 heavy (non-hydrogen) atoms. The molecule has 0 spiro atoms. The van der Waals surface area contributed by atoms with Crippen LogP contribution < -0.4 is 0 Å². The molecule has 3 rings (SSSR count). The number of ether oxygens (including phenoxy) is 1. The number of aliphatic hydroxyl groups excluding tert-OH is 1. The summed E-state index contributed by atoms with van der Waals surface area (Å²) < 4.78 is 45.9. The molecule has 4 nitrogen and oxygen atoms in total. The Kier molecular flexibility index (Phi) is 4.88. The summed E-state index contributed by atoms with van der Waals surface area (Å²) in [5.74, 6) is -1.01. The molecule has 0 saturated carbocycles. The van der Waals surface area contributed by atoms with E-state index in [-0.39, 0.29) is 18.7 Å². The Balaban J connectivity index is 1.73. The highest BCUT2D eigenvalue weighted by Crippen LogP contribution is 2.31. The van der Waals surface area contributed by atoms with Crippen LogP contribution in [0.25, 0.3) is 11.0 Å². The molecule has 0 saturated heterocycles. The second-order valence-corrected chi connectivity index (χ2v) is 6.31. The molecule has 0 aliphatic carbocycles. The van der Waals surface area contributed by atoms with Crippen molar-refractivity contribution in [3.8, 4) is 0 Å². The second kappa shape index (κ2) is 6.92. The number of para-hydroxylation sites is 2. The summed E-state index contributed by atoms with van der Waals surface area (Å²) in [6.07, 6.45) is -5.65. The van der Waals surface area contributed by atoms with Crippen molar-refractivity contribution in [3.05, 3.63) is 52.5 Å². The fourth-order valence-corrected chi connectivity index (χ4v) is 3.07. The molecule has 1 N–H and O–H groups in total. The smallest absolute Gasteiger partial charge is 0.389 e. The maximum atomic E-state index is 13.2. The predicted molar refractivity (Wildman–Crippen MR) is 84.7 cm³/mol. The largest absolute Gasteiger partial charge is 0.449 e. The maximum absolute atomic E-state index is 13.2. The first-order valence-electron chi connectivity index (χ1n) is 7.26. The Hall–Kier alpha value is -1.90. The molecule has 0 aliphatic heterocycles. The van der Waals surface area contributed by atoms with Gasteiger partial charge >= 0.3 is 6.18 Å². The van der Waals surface area contributed by atoms with Crippen LogP contribution in [0.2, 0.25) is 0 Å². The van der Waals surface area contributed by atoms with Crippen LogP contribution in [0, 0.1) is 0 Å². The van der Waals surface area contributed by atoms with Gasteiger partial charge in [0, 0.05) is 4.88 Å². The van der Waals surface area contributed by atoms with Gasteiger partial charge in [-0.2, -0.15) is 13.2 Å². The van der Waals surface area contributed by atoms with Gasteiger partial charge in [0.15, 0.2) is 0 Å². The summed E-state index contributed by atoms with van der Waals surface area (Å²) in [5.41, 5.74) is 0.582. The van der Waals surface area contributed by atoms with Gasteiger partial charge in [-0.1, -0.05) is 18.2 Å². The minimum atomic E-state index is -4.59. The first-order chi connectivity index (χ1) is 11.4. The van der Waals surface area contributed by atoms with Crippen molar-refractivity contribution in [1.29, 1.82) is 0 Å². The first-order valence-corrected chi connectivity index (χ1v) is 8.14. The van der Waals surface area contributed by atoms with Crippen molar-refractivity contribution in [1.82, 2.24) is 9.55 Å². The fraction of sp³-hybridized carbons (Fsp3) is 0.312. The van der Waals surface area contributed by atoms with Crippen LogP contribution in [0.15, 0.2) is 41.8 Å². The Morgan fingerprint density at radius 2 is 2.00 bits per heavy atom. The Morgan fingerprint density at radius 1 is 1.21 bits per heavy atom. The number of halogens is 3. The SMILES string of the molecule is OC(COCc1cccs1)Cn1c(C(F)(F)F)nc2ccccc21. The average molecular weight is 356 g/mol. The third kappa shape index (κ3) is 3.77. The average Bonchev–Trinajstić information content (AvgIpc) is 3.15. The van der Waals surface area contributed by atoms with Crippen molar-refractivity contribution < 1.29 is 23.0 Å². The number of alkyl halides is 3. The van der Waals surface area contributed by atoms with E-state index >= 15 is 0 Å². The van der Waals surface area contributed by atoms with Gasteiger partial charge in [-0.3, -0.25) is 0 Å². The highest BCUT2D eigenvalue weighted by atomic mass is 32.1. The van der Waals surface area contributed by atoms with E-state index in [2.05, 4.69) is 4.98 Å². The molecular weight excluding hydrogens is 341 g/mol. The minimum Gasteiger partial charge on any atom is -0.389 e. The van der Waals surface area contributed by atoms with Gasteiger partial charge in [0.1, 0.15) is 0 Å². The zero-order chi connectivity index (χ0) is 17.2. The summed E-state index contributed by atoms with van der Waals surface area (Å²) in [6, 6.07) is 10.1. The van der Waals surface area contributed by atoms with Gasteiger partial charge in [0.25, 0.3) is 0 Å². The van der Waals surface area contributed by atoms with E-state index in [0.29, 0.717) is 12.1 Å². The molecule has 0 aliphatic rings. The van der Waals surface area contributed by atoms with E-state index in [9.17, 15) is 18.3 Å². The van der Waals surface area contributed by atoms with Crippen LogP contribution in [0.3, 0.4) is 0 Å². The second-order valence-electron chi connectivity index (χ2n) is 5.28. The molecule has 0 amide bonds. The highest BCUT2D eigenvalue weighted by molar-refractivity contribution is 7.09. The number of nitrogens with zero attached hydrogens (tertiary/aromatic N) is 2. The van der Waals surface area contributed by atoms with Crippen LogP contribution in [-0.2, 0) is 24.1 Å². The first kappa shape index (κ1) is 16.9. The van der Waals surface area contributed by atoms with Crippen LogP contribution in [0.4, 0.5) is 13.2 Å². The molecule has 0 fully saturated rings. The number of thiophene rings is 1. The van der Waals surface area contributed by atoms with Gasteiger partial charge in [-0.05, 0) is 23.6 Å². The lowest BCUT2D eigenvalue weighted by atomic mass is 10.3. The Bertz CT molecular complexity index is 799. The van der Waals surface area contributed by atoms with E-state index in [1.54, 1.807) is 18.2 Å². The van der Waals surface area contributed by atoms with Crippen LogP contribution in [0.1, 0.15) is 10.7 Å². The van der Waals surface area contributed by atoms with Gasteiger partial charge < -0.3 is 14.4 Å². The fourth-order valence-electron chi connectivity index (χ4n) is 2.43. The lowest BCUT2D eigenvalue weighted by Crippen LogP contribution is -2.25. The van der Waals surface area contributed by atoms with E-state index in [0.717, 1.165) is 9.44 Å². The lowest BCUT2D eigenvalue weighted by Gasteiger charge is -2.16. The number of aromatic nitrogens is 2. The molecule has 1 unspecified atom stereocenters. The minimum absolute atomic E-state index is 0.0539. The van der Waals surface area contributed by atoms with Crippen LogP contribution >= 0.6 is 11.3 Å². The number of fused-ring (bicyclic) bond motifs is 1. The normalized spacial score (nSPS) is 13.5. The predicted octanol–water partition coefficient (Wildman–Crippen LogP) is 3.69. The van der Waals surface area contributed by atoms with Gasteiger partial charge in [-0.25, -0.2) is 4.98 Å². The zero-order valence-corrected chi connectivity index (χ0v) is 13.3. The molecule has 8 heteroatoms. The molecule has 128 valence electrons. The van der Waals surface area contributed by atoms with Crippen LogP contribution in [-0.4, -0.2) is 27.4 Å². The topological polar surface area (TPSA) is 47.3 Å². The highest BCUT2D eigenvalue weighted by Gasteiger charge is 2.37. The monoisotopic (exact) mass is 356 g/mol. The summed E-state index contributed by atoms with van der Waals surface area (Å²) in [7, 11) is 0. The molecular formula is C16H15F3N2O2S. The molecule has 0 bridgehead atoms. The van der Waals surface area contributed by atoms with Crippen molar-refractivity contribution in [2.75, 3.05) is 6.61 Å². The van der Waals surface area contributed by atoms with E-state index in [4.69, 9.17) is 4.74 Å². The Labute approximate surface area is 140 Å². The van der Waals surface area contributed by atoms with Gasteiger partial charge in [0.2, 0.25) is 5.82 Å². The Morgan fingerprint density at radius 3 is 2.71 bits per heavy atom. The van der Waals surface area contributed by atoms with Gasteiger partial charge in [-0.15, -0.1) is 11.3 Å². The summed E-state index contributed by atoms with van der Waals surface area (Å²) in [5, 5.41) is 12.0. The molecule has 2 aromatic heterocycles. The molecule has 0 radical (unpaired) electrons. The van der Waals surface area contributed by atoms with Crippen molar-refractivity contribution in [2.24, 2.45) is 0 Å². The number of imidazole rings is 1. The summed E-state index contributed by atoms with van der Waals surface area (Å²) in [4.78, 5) is 4.64. The standard InChI is InChI=1S/C16H15F3N2O2S/c17-16(18,19)15-20-13-5-1-2-6-14(13)21(15)8-11(22)9-23-10-12-4-3-7-24-12/h1-7,11,22H,8-10H2. The van der Waals surface area contributed by atoms with Crippen LogP contribution in [0.5, 0.6) is 0 Å². The molecule has 3 aromatic rings. The van der Waals surface area contributed by atoms with E-state index in [1.165, 1.54) is 17.4 Å². The number of rotatable bonds is 6. The molecule has 1 aromatic carbocycles. The zero-order valence-electron chi connectivity index (χ0n) is 12.5. The lowest BCUT2D eigenvalue weighted by molar-refractivity contribution is -0.147. The molecule has 1 atom stereocenters. The summed E-state index contributed by atoms with van der Waals surface area (Å²) in [6.45, 7) is 0.0348. The van der Waals surface area contributed by atoms with Crippen molar-refractivity contribution in [3.63, 3.8) is 0 Å². The number of hydrogen-bond donors (Lipinski definition) is 1. The number of hydrogen-bond acceptors (Lipinski definition) is 4. The quantitative estimate of drug-likeness (QED) is 0.733. The van der Waals surface area contributed by atoms with Crippen molar-refractivity contribution >= 4 is 22.4 Å². The molecule has 2 heterocycles. The van der Waals surface area contributed by atoms with E-state index < -0.39 is 18.1 Å². The third-order valence-corrected chi connectivity index (χ3v) is 4.29. The third-order valence-electron chi connectivity index (χ3n) is 3.44. The van der Waals surface area contributed by atoms with Crippen molar-refractivity contribution in [2.45, 2.75) is 25.4 Å².